The monoisotopic (exact) mass is 355 g/mol. The Morgan fingerprint density at radius 3 is 2.83 bits per heavy atom. The van der Waals surface area contributed by atoms with Crippen molar-refractivity contribution in [3.63, 3.8) is 0 Å². The van der Waals surface area contributed by atoms with E-state index in [9.17, 15) is 9.59 Å². The van der Waals surface area contributed by atoms with Crippen LogP contribution in [-0.4, -0.2) is 46.9 Å². The first-order chi connectivity index (χ1) is 11.3. The van der Waals surface area contributed by atoms with Gasteiger partial charge in [0.25, 0.3) is 0 Å². The Morgan fingerprint density at radius 2 is 2.17 bits per heavy atom. The number of rotatable bonds is 1. The van der Waals surface area contributed by atoms with Crippen LogP contribution in [0.1, 0.15) is 37.4 Å². The van der Waals surface area contributed by atoms with Crippen LogP contribution >= 0.6 is 11.3 Å². The van der Waals surface area contributed by atoms with Gasteiger partial charge in [0.1, 0.15) is 5.60 Å². The Bertz CT molecular complexity index is 656. The molecule has 2 aliphatic heterocycles. The highest BCUT2D eigenvalue weighted by Crippen LogP contribution is 2.41. The number of hydrogen-bond donors (Lipinski definition) is 3. The summed E-state index contributed by atoms with van der Waals surface area (Å²) in [5, 5.41) is 3.11. The number of nitrogens with zero attached hydrogens (tertiary/aromatic N) is 2. The average Bonchev–Trinajstić information content (AvgIpc) is 2.85. The normalized spacial score (nSPS) is 22.6. The highest BCUT2D eigenvalue weighted by molar-refractivity contribution is 7.16. The number of aromatic nitrogens is 1. The number of amides is 3. The van der Waals surface area contributed by atoms with E-state index >= 15 is 0 Å². The van der Waals surface area contributed by atoms with Crippen molar-refractivity contribution >= 4 is 28.6 Å². The lowest BCUT2D eigenvalue weighted by atomic mass is 9.97. The van der Waals surface area contributed by atoms with Crippen LogP contribution in [0, 0.1) is 0 Å². The van der Waals surface area contributed by atoms with E-state index in [2.05, 4.69) is 15.7 Å². The second-order valence-corrected chi connectivity index (χ2v) is 7.76. The lowest BCUT2D eigenvalue weighted by molar-refractivity contribution is -0.0336. The van der Waals surface area contributed by atoms with Crippen molar-refractivity contribution in [2.75, 3.05) is 18.5 Å². The van der Waals surface area contributed by atoms with Gasteiger partial charge in [-0.15, -0.1) is 0 Å². The molecule has 0 spiro atoms. The molecule has 1 saturated heterocycles. The molecule has 0 aliphatic carbocycles. The van der Waals surface area contributed by atoms with Gasteiger partial charge in [0.05, 0.1) is 35.9 Å². The van der Waals surface area contributed by atoms with Crippen molar-refractivity contribution in [1.29, 1.82) is 0 Å². The molecule has 1 aromatic heterocycles. The van der Waals surface area contributed by atoms with Crippen LogP contribution in [0.15, 0.2) is 0 Å². The number of nitrogens with one attached hydrogen (secondary N) is 2. The molecule has 0 saturated carbocycles. The minimum absolute atomic E-state index is 0.115. The third-order valence-corrected chi connectivity index (χ3v) is 4.85. The SMILES string of the molecule is CC(C)(C)OC(=O)Nc1nc2c(s1)[C@@H]1COC[C@H](C2)N1C(=O)NN. The lowest BCUT2D eigenvalue weighted by Crippen LogP contribution is -2.57. The molecule has 2 aliphatic rings. The number of ether oxygens (including phenoxy) is 2. The first-order valence-electron chi connectivity index (χ1n) is 7.64. The lowest BCUT2D eigenvalue weighted by Gasteiger charge is -2.44. The third-order valence-electron chi connectivity index (χ3n) is 3.74. The summed E-state index contributed by atoms with van der Waals surface area (Å²) in [5.74, 6) is 5.29. The molecular weight excluding hydrogens is 334 g/mol. The van der Waals surface area contributed by atoms with E-state index in [1.165, 1.54) is 11.3 Å². The number of morpholine rings is 1. The zero-order chi connectivity index (χ0) is 17.5. The number of fused-ring (bicyclic) bond motifs is 4. The van der Waals surface area contributed by atoms with Crippen LogP contribution in [0.5, 0.6) is 0 Å². The number of anilines is 1. The molecule has 132 valence electrons. The Balaban J connectivity index is 1.80. The molecule has 24 heavy (non-hydrogen) atoms. The molecule has 2 atom stereocenters. The summed E-state index contributed by atoms with van der Waals surface area (Å²) in [6.45, 7) is 6.20. The minimum atomic E-state index is -0.582. The molecule has 1 aromatic rings. The van der Waals surface area contributed by atoms with E-state index < -0.39 is 11.7 Å². The molecule has 3 rings (SSSR count). The van der Waals surface area contributed by atoms with Crippen LogP contribution < -0.4 is 16.6 Å². The topological polar surface area (TPSA) is 119 Å². The van der Waals surface area contributed by atoms with E-state index in [1.807, 2.05) is 0 Å². The van der Waals surface area contributed by atoms with Gasteiger partial charge in [-0.2, -0.15) is 0 Å². The molecule has 3 heterocycles. The summed E-state index contributed by atoms with van der Waals surface area (Å²) in [6.07, 6.45) is 0.00976. The van der Waals surface area contributed by atoms with E-state index in [-0.39, 0.29) is 18.1 Å². The Morgan fingerprint density at radius 1 is 1.42 bits per heavy atom. The number of hydrazine groups is 1. The average molecular weight is 355 g/mol. The number of carbonyl (C=O) groups is 2. The zero-order valence-electron chi connectivity index (χ0n) is 13.8. The Labute approximate surface area is 143 Å². The van der Waals surface area contributed by atoms with Gasteiger partial charge in [-0.1, -0.05) is 11.3 Å². The first-order valence-corrected chi connectivity index (χ1v) is 8.46. The fourth-order valence-corrected chi connectivity index (χ4v) is 3.97. The van der Waals surface area contributed by atoms with Crippen molar-refractivity contribution in [2.45, 2.75) is 44.9 Å². The van der Waals surface area contributed by atoms with Gasteiger partial charge in [0.2, 0.25) is 0 Å². The van der Waals surface area contributed by atoms with Gasteiger partial charge >= 0.3 is 12.1 Å². The quantitative estimate of drug-likeness (QED) is 0.398. The summed E-state index contributed by atoms with van der Waals surface area (Å²) in [6, 6.07) is -0.701. The van der Waals surface area contributed by atoms with Crippen molar-refractivity contribution in [1.82, 2.24) is 15.3 Å². The predicted octanol–water partition coefficient (Wildman–Crippen LogP) is 1.37. The number of carbonyl (C=O) groups excluding carboxylic acids is 2. The predicted molar refractivity (Wildman–Crippen MR) is 87.6 cm³/mol. The van der Waals surface area contributed by atoms with Crippen molar-refractivity contribution in [2.24, 2.45) is 5.84 Å². The van der Waals surface area contributed by atoms with Gasteiger partial charge in [-0.25, -0.2) is 20.4 Å². The van der Waals surface area contributed by atoms with E-state index in [0.717, 1.165) is 10.6 Å². The Hall–Kier alpha value is -1.91. The van der Waals surface area contributed by atoms with Crippen molar-refractivity contribution < 1.29 is 19.1 Å². The standard InChI is InChI=1S/C14H21N5O4S/c1-14(2,3)23-13(21)17-11-16-8-4-7-5-22-6-9(10(8)24-11)19(7)12(20)18-15/h7,9H,4-6,15H2,1-3H3,(H,18,20)(H,16,17,21)/t7-,9-/m0/s1. The van der Waals surface area contributed by atoms with Crippen LogP contribution in [0.4, 0.5) is 14.7 Å². The highest BCUT2D eigenvalue weighted by Gasteiger charge is 2.43. The summed E-state index contributed by atoms with van der Waals surface area (Å²) in [7, 11) is 0. The molecule has 10 heteroatoms. The van der Waals surface area contributed by atoms with Crippen LogP contribution in [0.3, 0.4) is 0 Å². The van der Waals surface area contributed by atoms with Gasteiger partial charge in [-0.3, -0.25) is 10.7 Å². The molecule has 9 nitrogen and oxygen atoms in total. The number of hydrogen-bond acceptors (Lipinski definition) is 7. The molecule has 0 unspecified atom stereocenters. The number of urea groups is 1. The number of thiazole rings is 1. The van der Waals surface area contributed by atoms with Gasteiger partial charge in [0.15, 0.2) is 5.13 Å². The number of nitrogens with two attached hydrogens (primary N) is 1. The van der Waals surface area contributed by atoms with Gasteiger partial charge in [0, 0.05) is 6.42 Å². The fraction of sp³-hybridized carbons (Fsp3) is 0.643. The molecule has 3 amide bonds. The van der Waals surface area contributed by atoms with E-state index in [0.29, 0.717) is 24.8 Å². The fourth-order valence-electron chi connectivity index (χ4n) is 2.91. The largest absolute Gasteiger partial charge is 0.444 e. The van der Waals surface area contributed by atoms with Crippen LogP contribution in [-0.2, 0) is 15.9 Å². The smallest absolute Gasteiger partial charge is 0.413 e. The molecule has 0 radical (unpaired) electrons. The van der Waals surface area contributed by atoms with Crippen LogP contribution in [0.2, 0.25) is 0 Å². The molecule has 2 bridgehead atoms. The summed E-state index contributed by atoms with van der Waals surface area (Å²) in [4.78, 5) is 31.0. The maximum atomic E-state index is 12.1. The van der Waals surface area contributed by atoms with Gasteiger partial charge < -0.3 is 14.4 Å². The van der Waals surface area contributed by atoms with Crippen LogP contribution in [0.25, 0.3) is 0 Å². The summed E-state index contributed by atoms with van der Waals surface area (Å²) >= 11 is 1.32. The second-order valence-electron chi connectivity index (χ2n) is 6.72. The molecule has 1 fully saturated rings. The highest BCUT2D eigenvalue weighted by atomic mass is 32.1. The third kappa shape index (κ3) is 3.30. The second kappa shape index (κ2) is 6.19. The molecular formula is C14H21N5O4S. The van der Waals surface area contributed by atoms with Crippen molar-refractivity contribution in [3.05, 3.63) is 10.6 Å². The first kappa shape index (κ1) is 16.9. The minimum Gasteiger partial charge on any atom is -0.444 e. The molecule has 0 aromatic carbocycles. The van der Waals surface area contributed by atoms with E-state index in [4.69, 9.17) is 15.3 Å². The Kier molecular flexibility index (Phi) is 4.37. The maximum Gasteiger partial charge on any atom is 0.413 e. The summed E-state index contributed by atoms with van der Waals surface area (Å²) < 4.78 is 10.8. The molecule has 4 N–H and O–H groups in total. The van der Waals surface area contributed by atoms with Crippen molar-refractivity contribution in [3.8, 4) is 0 Å². The summed E-state index contributed by atoms with van der Waals surface area (Å²) in [5.41, 5.74) is 2.48. The van der Waals surface area contributed by atoms with Gasteiger partial charge in [-0.05, 0) is 20.8 Å². The maximum absolute atomic E-state index is 12.1. The zero-order valence-corrected chi connectivity index (χ0v) is 14.6. The van der Waals surface area contributed by atoms with E-state index in [1.54, 1.807) is 25.7 Å².